The molecular formula is C15H24O4. The molecule has 4 nitrogen and oxygen atoms in total. The molecular weight excluding hydrogens is 244 g/mol. The lowest BCUT2D eigenvalue weighted by molar-refractivity contribution is -0.201. The number of aliphatic carboxylic acids is 1. The van der Waals surface area contributed by atoms with E-state index < -0.39 is 24.0 Å². The molecule has 0 heterocycles. The number of fused-ring (bicyclic) bond motifs is 2. The second-order valence-electron chi connectivity index (χ2n) is 6.95. The largest absolute Gasteiger partial charge is 0.481 e. The lowest BCUT2D eigenvalue weighted by Gasteiger charge is -2.53. The highest BCUT2D eigenvalue weighted by Crippen LogP contribution is 2.70. The second kappa shape index (κ2) is 4.22. The molecule has 2 rings (SSSR count). The van der Waals surface area contributed by atoms with Gasteiger partial charge in [-0.2, -0.15) is 0 Å². The summed E-state index contributed by atoms with van der Waals surface area (Å²) in [7, 11) is 0. The van der Waals surface area contributed by atoms with E-state index in [9.17, 15) is 9.59 Å². The molecule has 2 aliphatic carbocycles. The summed E-state index contributed by atoms with van der Waals surface area (Å²) in [6, 6.07) is 0. The van der Waals surface area contributed by atoms with Gasteiger partial charge in [0.2, 0.25) is 0 Å². The number of ether oxygens (including phenoxy) is 1. The van der Waals surface area contributed by atoms with E-state index in [1.807, 2.05) is 6.92 Å². The first-order valence-corrected chi connectivity index (χ1v) is 7.12. The van der Waals surface area contributed by atoms with Crippen molar-refractivity contribution in [3.63, 3.8) is 0 Å². The van der Waals surface area contributed by atoms with Crippen LogP contribution in [0, 0.1) is 16.7 Å². The molecule has 0 spiro atoms. The van der Waals surface area contributed by atoms with E-state index in [1.54, 1.807) is 0 Å². The van der Waals surface area contributed by atoms with Gasteiger partial charge >= 0.3 is 11.9 Å². The minimum atomic E-state index is -1.12. The number of carboxylic acid groups (broad SMARTS) is 1. The minimum Gasteiger partial charge on any atom is -0.481 e. The van der Waals surface area contributed by atoms with E-state index in [0.29, 0.717) is 5.92 Å². The quantitative estimate of drug-likeness (QED) is 0.629. The number of rotatable bonds is 4. The zero-order valence-electron chi connectivity index (χ0n) is 12.3. The highest BCUT2D eigenvalue weighted by atomic mass is 16.6. The summed E-state index contributed by atoms with van der Waals surface area (Å²) < 4.78 is 5.79. The molecule has 0 saturated heterocycles. The summed E-state index contributed by atoms with van der Waals surface area (Å²) in [5.74, 6) is -1.16. The SMILES string of the molecule is CC[C@@]1(OC(=O)CC(=O)O)C2(C)CCC(C2)C1(C)C. The van der Waals surface area contributed by atoms with E-state index in [2.05, 4.69) is 20.8 Å². The third-order valence-corrected chi connectivity index (χ3v) is 5.86. The molecule has 0 aromatic rings. The first-order chi connectivity index (χ1) is 8.68. The van der Waals surface area contributed by atoms with Gasteiger partial charge in [0.05, 0.1) is 0 Å². The maximum absolute atomic E-state index is 11.9. The fourth-order valence-electron chi connectivity index (χ4n) is 4.89. The van der Waals surface area contributed by atoms with Gasteiger partial charge in [0, 0.05) is 10.8 Å². The molecule has 108 valence electrons. The van der Waals surface area contributed by atoms with Crippen LogP contribution in [0.4, 0.5) is 0 Å². The maximum atomic E-state index is 11.9. The van der Waals surface area contributed by atoms with Crippen LogP contribution in [-0.4, -0.2) is 22.6 Å². The van der Waals surface area contributed by atoms with E-state index in [4.69, 9.17) is 9.84 Å². The Hall–Kier alpha value is -1.06. The summed E-state index contributed by atoms with van der Waals surface area (Å²) in [6.45, 7) is 8.57. The number of carbonyl (C=O) groups is 2. The lowest BCUT2D eigenvalue weighted by Crippen LogP contribution is -2.56. The van der Waals surface area contributed by atoms with Gasteiger partial charge in [-0.15, -0.1) is 0 Å². The third-order valence-electron chi connectivity index (χ3n) is 5.86. The normalized spacial score (nSPS) is 39.3. The fraction of sp³-hybridized carbons (Fsp3) is 0.867. The smallest absolute Gasteiger partial charge is 0.317 e. The summed E-state index contributed by atoms with van der Waals surface area (Å²) in [5, 5.41) is 8.74. The number of carbonyl (C=O) groups excluding carboxylic acids is 1. The number of esters is 1. The average Bonchev–Trinajstić information content (AvgIpc) is 2.74. The van der Waals surface area contributed by atoms with Crippen LogP contribution in [0.5, 0.6) is 0 Å². The molecule has 2 aliphatic rings. The molecule has 2 saturated carbocycles. The van der Waals surface area contributed by atoms with Crippen LogP contribution in [0.1, 0.15) is 59.8 Å². The first-order valence-electron chi connectivity index (χ1n) is 7.12. The Kier molecular flexibility index (Phi) is 3.19. The van der Waals surface area contributed by atoms with Crippen molar-refractivity contribution in [1.29, 1.82) is 0 Å². The molecule has 3 atom stereocenters. The van der Waals surface area contributed by atoms with Gasteiger partial charge in [-0.3, -0.25) is 9.59 Å². The van der Waals surface area contributed by atoms with Crippen molar-refractivity contribution in [3.8, 4) is 0 Å². The lowest BCUT2D eigenvalue weighted by atomic mass is 9.59. The number of hydrogen-bond donors (Lipinski definition) is 1. The molecule has 0 aliphatic heterocycles. The summed E-state index contributed by atoms with van der Waals surface area (Å²) in [6.07, 6.45) is 3.53. The zero-order chi connectivity index (χ0) is 14.5. The van der Waals surface area contributed by atoms with Gasteiger partial charge in [0.25, 0.3) is 0 Å². The van der Waals surface area contributed by atoms with Gasteiger partial charge in [0.1, 0.15) is 12.0 Å². The fourth-order valence-corrected chi connectivity index (χ4v) is 4.89. The zero-order valence-corrected chi connectivity index (χ0v) is 12.3. The monoisotopic (exact) mass is 268 g/mol. The number of carboxylic acids is 1. The van der Waals surface area contributed by atoms with Crippen molar-refractivity contribution in [1.82, 2.24) is 0 Å². The number of hydrogen-bond acceptors (Lipinski definition) is 3. The first kappa shape index (κ1) is 14.4. The molecule has 0 aromatic heterocycles. The highest BCUT2D eigenvalue weighted by Gasteiger charge is 2.70. The van der Waals surface area contributed by atoms with Crippen LogP contribution in [0.2, 0.25) is 0 Å². The Balaban J connectivity index is 2.31. The van der Waals surface area contributed by atoms with Crippen molar-refractivity contribution in [2.45, 2.75) is 65.4 Å². The second-order valence-corrected chi connectivity index (χ2v) is 6.95. The van der Waals surface area contributed by atoms with Gasteiger partial charge < -0.3 is 9.84 Å². The van der Waals surface area contributed by atoms with Crippen molar-refractivity contribution in [2.75, 3.05) is 0 Å². The minimum absolute atomic E-state index is 0.00984. The summed E-state index contributed by atoms with van der Waals surface area (Å²) >= 11 is 0. The third kappa shape index (κ3) is 1.79. The molecule has 0 aromatic carbocycles. The van der Waals surface area contributed by atoms with E-state index in [0.717, 1.165) is 19.3 Å². The van der Waals surface area contributed by atoms with Gasteiger partial charge in [-0.05, 0) is 31.6 Å². The Morgan fingerprint density at radius 1 is 1.32 bits per heavy atom. The molecule has 0 radical (unpaired) electrons. The Morgan fingerprint density at radius 2 is 1.95 bits per heavy atom. The standard InChI is InChI=1S/C15H24O4/c1-5-15(19-12(18)8-11(16)17)13(2,3)10-6-7-14(15,4)9-10/h10H,5-9H2,1-4H3,(H,16,17)/t10?,14?,15-/m0/s1. The van der Waals surface area contributed by atoms with E-state index in [1.165, 1.54) is 6.42 Å². The molecule has 0 amide bonds. The van der Waals surface area contributed by atoms with Crippen LogP contribution in [-0.2, 0) is 14.3 Å². The van der Waals surface area contributed by atoms with E-state index >= 15 is 0 Å². The predicted molar refractivity (Wildman–Crippen MR) is 70.6 cm³/mol. The van der Waals surface area contributed by atoms with E-state index in [-0.39, 0.29) is 10.8 Å². The van der Waals surface area contributed by atoms with Crippen LogP contribution in [0.15, 0.2) is 0 Å². The maximum Gasteiger partial charge on any atom is 0.317 e. The van der Waals surface area contributed by atoms with Crippen molar-refractivity contribution >= 4 is 11.9 Å². The van der Waals surface area contributed by atoms with Crippen molar-refractivity contribution in [2.24, 2.45) is 16.7 Å². The molecule has 4 heteroatoms. The van der Waals surface area contributed by atoms with Crippen LogP contribution < -0.4 is 0 Å². The average molecular weight is 268 g/mol. The Morgan fingerprint density at radius 3 is 2.37 bits per heavy atom. The Labute approximate surface area is 114 Å². The van der Waals surface area contributed by atoms with Gasteiger partial charge in [-0.1, -0.05) is 27.7 Å². The van der Waals surface area contributed by atoms with Gasteiger partial charge in [-0.25, -0.2) is 0 Å². The molecule has 2 unspecified atom stereocenters. The highest BCUT2D eigenvalue weighted by molar-refractivity contribution is 5.90. The predicted octanol–water partition coefficient (Wildman–Crippen LogP) is 3.00. The molecule has 2 fully saturated rings. The topological polar surface area (TPSA) is 63.6 Å². The molecule has 1 N–H and O–H groups in total. The molecule has 19 heavy (non-hydrogen) atoms. The Bertz CT molecular complexity index is 408. The van der Waals surface area contributed by atoms with Crippen molar-refractivity contribution in [3.05, 3.63) is 0 Å². The molecule has 2 bridgehead atoms. The van der Waals surface area contributed by atoms with Crippen molar-refractivity contribution < 1.29 is 19.4 Å². The summed E-state index contributed by atoms with van der Waals surface area (Å²) in [5.41, 5.74) is -0.609. The van der Waals surface area contributed by atoms with Crippen LogP contribution in [0.3, 0.4) is 0 Å². The van der Waals surface area contributed by atoms with Crippen LogP contribution >= 0.6 is 0 Å². The van der Waals surface area contributed by atoms with Gasteiger partial charge in [0.15, 0.2) is 0 Å². The summed E-state index contributed by atoms with van der Waals surface area (Å²) in [4.78, 5) is 22.6. The van der Waals surface area contributed by atoms with Crippen LogP contribution in [0.25, 0.3) is 0 Å².